The van der Waals surface area contributed by atoms with E-state index < -0.39 is 17.5 Å². The number of hydrogen-bond acceptors (Lipinski definition) is 6. The van der Waals surface area contributed by atoms with Crippen molar-refractivity contribution in [3.05, 3.63) is 71.7 Å². The van der Waals surface area contributed by atoms with Crippen molar-refractivity contribution in [2.75, 3.05) is 6.54 Å². The van der Waals surface area contributed by atoms with E-state index in [1.165, 1.54) is 11.0 Å². The van der Waals surface area contributed by atoms with Crippen LogP contribution in [0.25, 0.3) is 16.6 Å². The van der Waals surface area contributed by atoms with Crippen molar-refractivity contribution in [3.8, 4) is 5.69 Å². The average molecular weight is 443 g/mol. The Morgan fingerprint density at radius 1 is 1.15 bits per heavy atom. The van der Waals surface area contributed by atoms with E-state index in [1.807, 2.05) is 25.1 Å². The number of aryl methyl sites for hydroxylation is 1. The highest BCUT2D eigenvalue weighted by atomic mass is 16.2. The lowest BCUT2D eigenvalue weighted by molar-refractivity contribution is -0.130. The number of benzene rings is 2. The van der Waals surface area contributed by atoms with Crippen molar-refractivity contribution in [2.24, 2.45) is 0 Å². The number of ketones is 1. The van der Waals surface area contributed by atoms with Gasteiger partial charge in [-0.05, 0) is 47.0 Å². The maximum Gasteiger partial charge on any atom is 0.325 e. The number of nitrogens with zero attached hydrogens (tertiary/aromatic N) is 5. The van der Waals surface area contributed by atoms with E-state index in [2.05, 4.69) is 25.8 Å². The number of aromatic nitrogens is 5. The van der Waals surface area contributed by atoms with Crippen LogP contribution in [0.4, 0.5) is 4.79 Å². The Morgan fingerprint density at radius 3 is 2.73 bits per heavy atom. The van der Waals surface area contributed by atoms with E-state index >= 15 is 0 Å². The number of rotatable bonds is 6. The number of H-pyrrole nitrogens is 1. The Morgan fingerprint density at radius 2 is 1.97 bits per heavy atom. The van der Waals surface area contributed by atoms with Gasteiger partial charge in [0, 0.05) is 22.7 Å². The topological polar surface area (TPSA) is 126 Å². The number of nitrogens with one attached hydrogen (secondary N) is 2. The molecule has 2 aromatic carbocycles. The van der Waals surface area contributed by atoms with Crippen LogP contribution in [0.15, 0.2) is 55.0 Å². The Kier molecular flexibility index (Phi) is 4.77. The highest BCUT2D eigenvalue weighted by molar-refractivity contribution is 6.14. The van der Waals surface area contributed by atoms with Gasteiger partial charge in [0.1, 0.15) is 11.9 Å². The molecule has 1 aliphatic heterocycles. The molecule has 33 heavy (non-hydrogen) atoms. The van der Waals surface area contributed by atoms with Crippen LogP contribution in [0.1, 0.15) is 35.3 Å². The molecular weight excluding hydrogens is 422 g/mol. The van der Waals surface area contributed by atoms with Gasteiger partial charge in [0.25, 0.3) is 5.91 Å². The quantitative estimate of drug-likeness (QED) is 0.348. The van der Waals surface area contributed by atoms with Gasteiger partial charge < -0.3 is 10.3 Å². The molecule has 4 aromatic rings. The van der Waals surface area contributed by atoms with E-state index in [4.69, 9.17) is 0 Å². The highest BCUT2D eigenvalue weighted by Gasteiger charge is 2.49. The lowest BCUT2D eigenvalue weighted by Gasteiger charge is -2.22. The third-order valence-electron chi connectivity index (χ3n) is 6.10. The Balaban J connectivity index is 1.42. The Labute approximate surface area is 188 Å². The molecule has 2 N–H and O–H groups in total. The van der Waals surface area contributed by atoms with E-state index in [9.17, 15) is 14.4 Å². The summed E-state index contributed by atoms with van der Waals surface area (Å²) in [5, 5.41) is 14.6. The highest BCUT2D eigenvalue weighted by Crippen LogP contribution is 2.30. The summed E-state index contributed by atoms with van der Waals surface area (Å²) in [6, 6.07) is 12.1. The van der Waals surface area contributed by atoms with Crippen molar-refractivity contribution in [3.63, 3.8) is 0 Å². The fourth-order valence-corrected chi connectivity index (χ4v) is 4.25. The Bertz CT molecular complexity index is 1390. The summed E-state index contributed by atoms with van der Waals surface area (Å²) >= 11 is 0. The van der Waals surface area contributed by atoms with Crippen molar-refractivity contribution in [1.82, 2.24) is 35.4 Å². The summed E-state index contributed by atoms with van der Waals surface area (Å²) in [4.78, 5) is 43.3. The SMILES string of the molecule is CCc1cccc2c(C(=O)CN3C(=O)NC(C)(c4cccc(-n5cnnn5)c4)C3=O)c[nH]c12. The number of urea groups is 1. The zero-order valence-electron chi connectivity index (χ0n) is 18.1. The summed E-state index contributed by atoms with van der Waals surface area (Å²) in [5.74, 6) is -0.812. The molecule has 0 aliphatic carbocycles. The minimum absolute atomic E-state index is 0.315. The van der Waals surface area contributed by atoms with Crippen LogP contribution in [0.5, 0.6) is 0 Å². The van der Waals surface area contributed by atoms with Crippen LogP contribution >= 0.6 is 0 Å². The second kappa shape index (κ2) is 7.66. The van der Waals surface area contributed by atoms with Crippen molar-refractivity contribution in [2.45, 2.75) is 25.8 Å². The van der Waals surface area contributed by atoms with Gasteiger partial charge in [-0.3, -0.25) is 14.5 Å². The zero-order chi connectivity index (χ0) is 23.2. The average Bonchev–Trinajstić information content (AvgIpc) is 3.55. The largest absolute Gasteiger partial charge is 0.360 e. The minimum Gasteiger partial charge on any atom is -0.360 e. The zero-order valence-corrected chi connectivity index (χ0v) is 18.1. The maximum absolute atomic E-state index is 13.3. The van der Waals surface area contributed by atoms with Crippen LogP contribution in [0, 0.1) is 0 Å². The lowest BCUT2D eigenvalue weighted by Crippen LogP contribution is -2.41. The van der Waals surface area contributed by atoms with E-state index in [1.54, 1.807) is 37.4 Å². The molecule has 3 amide bonds. The first-order valence-corrected chi connectivity index (χ1v) is 10.5. The first kappa shape index (κ1) is 20.6. The summed E-state index contributed by atoms with van der Waals surface area (Å²) in [6.45, 7) is 3.31. The maximum atomic E-state index is 13.3. The summed E-state index contributed by atoms with van der Waals surface area (Å²) < 4.78 is 1.46. The van der Waals surface area contributed by atoms with Crippen LogP contribution < -0.4 is 5.32 Å². The molecule has 166 valence electrons. The third-order valence-corrected chi connectivity index (χ3v) is 6.10. The predicted molar refractivity (Wildman–Crippen MR) is 119 cm³/mol. The molecule has 10 heteroatoms. The normalized spacial score (nSPS) is 18.2. The minimum atomic E-state index is -1.32. The first-order valence-electron chi connectivity index (χ1n) is 10.5. The molecule has 0 saturated carbocycles. The molecule has 0 radical (unpaired) electrons. The van der Waals surface area contributed by atoms with E-state index in [0.717, 1.165) is 27.8 Å². The fourth-order valence-electron chi connectivity index (χ4n) is 4.25. The number of imide groups is 1. The van der Waals surface area contributed by atoms with Crippen LogP contribution in [0.3, 0.4) is 0 Å². The first-order chi connectivity index (χ1) is 15.9. The van der Waals surface area contributed by atoms with E-state index in [0.29, 0.717) is 16.8 Å². The number of Topliss-reactive ketones (excluding diaryl/α,β-unsaturated/α-hetero) is 1. The number of fused-ring (bicyclic) bond motifs is 1. The number of carbonyl (C=O) groups is 3. The van der Waals surface area contributed by atoms with Crippen molar-refractivity contribution >= 4 is 28.6 Å². The lowest BCUT2D eigenvalue weighted by atomic mass is 9.91. The second-order valence-corrected chi connectivity index (χ2v) is 8.07. The third kappa shape index (κ3) is 3.27. The number of carbonyl (C=O) groups excluding carboxylic acids is 3. The van der Waals surface area contributed by atoms with Crippen molar-refractivity contribution in [1.29, 1.82) is 0 Å². The van der Waals surface area contributed by atoms with Crippen molar-refractivity contribution < 1.29 is 14.4 Å². The summed E-state index contributed by atoms with van der Waals surface area (Å²) in [7, 11) is 0. The van der Waals surface area contributed by atoms with Gasteiger partial charge >= 0.3 is 6.03 Å². The molecule has 1 fully saturated rings. The van der Waals surface area contributed by atoms with Crippen LogP contribution in [0.2, 0.25) is 0 Å². The van der Waals surface area contributed by atoms with Gasteiger partial charge in [-0.25, -0.2) is 9.48 Å². The molecule has 0 spiro atoms. The van der Waals surface area contributed by atoms with Gasteiger partial charge in [-0.2, -0.15) is 0 Å². The van der Waals surface area contributed by atoms with Gasteiger partial charge in [0.05, 0.1) is 12.2 Å². The fraction of sp³-hybridized carbons (Fsp3) is 0.217. The summed E-state index contributed by atoms with van der Waals surface area (Å²) in [5.41, 5.74) is 2.32. The van der Waals surface area contributed by atoms with Crippen LogP contribution in [-0.4, -0.2) is 54.4 Å². The van der Waals surface area contributed by atoms with Gasteiger partial charge in [0.15, 0.2) is 5.78 Å². The molecule has 0 bridgehead atoms. The number of tetrazole rings is 1. The molecule has 1 unspecified atom stereocenters. The smallest absolute Gasteiger partial charge is 0.325 e. The predicted octanol–water partition coefficient (Wildman–Crippen LogP) is 2.36. The molecule has 2 aromatic heterocycles. The molecule has 1 aliphatic rings. The molecule has 3 heterocycles. The number of amides is 3. The molecule has 5 rings (SSSR count). The van der Waals surface area contributed by atoms with Gasteiger partial charge in [-0.1, -0.05) is 37.3 Å². The number of para-hydroxylation sites is 1. The molecule has 1 saturated heterocycles. The number of aromatic amines is 1. The summed E-state index contributed by atoms with van der Waals surface area (Å²) in [6.07, 6.45) is 3.90. The monoisotopic (exact) mass is 443 g/mol. The van der Waals surface area contributed by atoms with Gasteiger partial charge in [-0.15, -0.1) is 5.10 Å². The van der Waals surface area contributed by atoms with Gasteiger partial charge in [0.2, 0.25) is 0 Å². The Hall–Kier alpha value is -4.34. The second-order valence-electron chi connectivity index (χ2n) is 8.07. The number of hydrogen-bond donors (Lipinski definition) is 2. The standard InChI is InChI=1S/C23H21N7O3/c1-3-14-6-4-9-17-18(11-24-20(14)17)19(31)12-29-21(32)23(2,26-22(29)33)15-7-5-8-16(10-15)30-13-25-27-28-30/h4-11,13,24H,3,12H2,1-2H3,(H,26,33). The molecule has 10 nitrogen and oxygen atoms in total. The van der Waals surface area contributed by atoms with Crippen LogP contribution in [-0.2, 0) is 16.8 Å². The van der Waals surface area contributed by atoms with E-state index in [-0.39, 0.29) is 12.3 Å². The molecular formula is C23H21N7O3. The molecule has 1 atom stereocenters.